The standard InChI is InChI=1S/C12H16O6/c13-9(14)5-1-2-6-10(15)16-8-4-3-7-11-12(8,17-11)18-11/h8H,1-7H2,(H,13,14). The Morgan fingerprint density at radius 2 is 2.00 bits per heavy atom. The number of carboxylic acids is 1. The Labute approximate surface area is 104 Å². The molecule has 1 saturated carbocycles. The molecule has 3 aliphatic rings. The minimum atomic E-state index is -0.836. The van der Waals surface area contributed by atoms with Crippen LogP contribution >= 0.6 is 0 Å². The number of unbranched alkanes of at least 4 members (excludes halogenated alkanes) is 1. The maximum absolute atomic E-state index is 11.6. The fourth-order valence-electron chi connectivity index (χ4n) is 2.71. The Hall–Kier alpha value is -1.14. The number of esters is 1. The summed E-state index contributed by atoms with van der Waals surface area (Å²) in [5.74, 6) is -2.15. The maximum Gasteiger partial charge on any atom is 0.306 e. The maximum atomic E-state index is 11.6. The van der Waals surface area contributed by atoms with Gasteiger partial charge in [0.05, 0.1) is 0 Å². The molecule has 0 aromatic carbocycles. The molecule has 3 rings (SSSR count). The highest BCUT2D eigenvalue weighted by molar-refractivity contribution is 5.70. The molecule has 0 spiro atoms. The lowest BCUT2D eigenvalue weighted by Gasteiger charge is -2.17. The van der Waals surface area contributed by atoms with Crippen LogP contribution in [0.25, 0.3) is 0 Å². The Morgan fingerprint density at radius 3 is 2.72 bits per heavy atom. The Morgan fingerprint density at radius 1 is 1.28 bits per heavy atom. The number of rotatable bonds is 6. The summed E-state index contributed by atoms with van der Waals surface area (Å²) in [6, 6.07) is 0. The lowest BCUT2D eigenvalue weighted by Crippen LogP contribution is -2.30. The number of hydrogen-bond donors (Lipinski definition) is 1. The molecule has 2 saturated heterocycles. The predicted octanol–water partition coefficient (Wildman–Crippen LogP) is 1.18. The first-order valence-corrected chi connectivity index (χ1v) is 6.40. The van der Waals surface area contributed by atoms with Gasteiger partial charge in [0.2, 0.25) is 5.79 Å². The van der Waals surface area contributed by atoms with Gasteiger partial charge in [-0.2, -0.15) is 0 Å². The van der Waals surface area contributed by atoms with E-state index in [1.165, 1.54) is 0 Å². The van der Waals surface area contributed by atoms with Gasteiger partial charge in [0, 0.05) is 19.3 Å². The average molecular weight is 256 g/mol. The van der Waals surface area contributed by atoms with Crippen molar-refractivity contribution in [1.82, 2.24) is 0 Å². The summed E-state index contributed by atoms with van der Waals surface area (Å²) in [5, 5.41) is 8.47. The van der Waals surface area contributed by atoms with E-state index in [9.17, 15) is 9.59 Å². The van der Waals surface area contributed by atoms with E-state index >= 15 is 0 Å². The van der Waals surface area contributed by atoms with Gasteiger partial charge >= 0.3 is 11.9 Å². The summed E-state index contributed by atoms with van der Waals surface area (Å²) in [6.07, 6.45) is 3.72. The molecule has 1 atom stereocenters. The highest BCUT2D eigenvalue weighted by atomic mass is 17.1. The second kappa shape index (κ2) is 3.93. The molecule has 18 heavy (non-hydrogen) atoms. The second-order valence-corrected chi connectivity index (χ2v) is 5.10. The van der Waals surface area contributed by atoms with E-state index in [0.29, 0.717) is 12.8 Å². The predicted molar refractivity (Wildman–Crippen MR) is 57.5 cm³/mol. The van der Waals surface area contributed by atoms with E-state index in [0.717, 1.165) is 19.3 Å². The van der Waals surface area contributed by atoms with Crippen LogP contribution in [0, 0.1) is 0 Å². The van der Waals surface area contributed by atoms with E-state index in [-0.39, 0.29) is 24.9 Å². The first-order chi connectivity index (χ1) is 8.58. The van der Waals surface area contributed by atoms with Crippen LogP contribution in [0.1, 0.15) is 44.9 Å². The van der Waals surface area contributed by atoms with E-state index in [4.69, 9.17) is 19.3 Å². The summed E-state index contributed by atoms with van der Waals surface area (Å²) in [7, 11) is 0. The largest absolute Gasteiger partial charge is 0.481 e. The number of hydrogen-bond acceptors (Lipinski definition) is 5. The smallest absolute Gasteiger partial charge is 0.306 e. The van der Waals surface area contributed by atoms with Crippen molar-refractivity contribution >= 4 is 11.9 Å². The summed E-state index contributed by atoms with van der Waals surface area (Å²) in [5.41, 5.74) is 0. The number of ether oxygens (including phenoxy) is 3. The molecule has 0 aromatic heterocycles. The van der Waals surface area contributed by atoms with Gasteiger partial charge in [-0.15, -0.1) is 0 Å². The molecular formula is C12H16O6. The zero-order valence-corrected chi connectivity index (χ0v) is 10.0. The number of carbonyl (C=O) groups excluding carboxylic acids is 1. The average Bonchev–Trinajstić information content (AvgIpc) is 3.11. The quantitative estimate of drug-likeness (QED) is 0.436. The van der Waals surface area contributed by atoms with Crippen LogP contribution in [0.5, 0.6) is 0 Å². The lowest BCUT2D eigenvalue weighted by molar-refractivity contribution is -0.169. The van der Waals surface area contributed by atoms with Crippen molar-refractivity contribution in [1.29, 1.82) is 0 Å². The molecule has 0 amide bonds. The van der Waals surface area contributed by atoms with E-state index in [1.807, 2.05) is 0 Å². The normalized spacial score (nSPS) is 39.4. The van der Waals surface area contributed by atoms with Crippen LogP contribution in [0.2, 0.25) is 0 Å². The van der Waals surface area contributed by atoms with Gasteiger partial charge in [-0.1, -0.05) is 0 Å². The van der Waals surface area contributed by atoms with E-state index in [2.05, 4.69) is 0 Å². The van der Waals surface area contributed by atoms with Crippen molar-refractivity contribution < 1.29 is 28.9 Å². The van der Waals surface area contributed by atoms with Crippen molar-refractivity contribution in [3.63, 3.8) is 0 Å². The second-order valence-electron chi connectivity index (χ2n) is 5.10. The van der Waals surface area contributed by atoms with Crippen molar-refractivity contribution in [2.24, 2.45) is 0 Å². The monoisotopic (exact) mass is 256 g/mol. The van der Waals surface area contributed by atoms with Crippen molar-refractivity contribution in [2.75, 3.05) is 0 Å². The molecule has 2 heterocycles. The first-order valence-electron chi connectivity index (χ1n) is 6.40. The van der Waals surface area contributed by atoms with Gasteiger partial charge in [0.1, 0.15) is 0 Å². The topological polar surface area (TPSA) is 88.7 Å². The third-order valence-electron chi connectivity index (χ3n) is 3.77. The fourth-order valence-corrected chi connectivity index (χ4v) is 2.71. The molecule has 1 aliphatic carbocycles. The van der Waals surface area contributed by atoms with Crippen LogP contribution < -0.4 is 0 Å². The number of carboxylic acid groups (broad SMARTS) is 1. The van der Waals surface area contributed by atoms with Gasteiger partial charge < -0.3 is 19.3 Å². The van der Waals surface area contributed by atoms with Gasteiger partial charge in [-0.05, 0) is 25.7 Å². The molecule has 0 radical (unpaired) electrons. The van der Waals surface area contributed by atoms with Crippen molar-refractivity contribution in [2.45, 2.75) is 62.6 Å². The van der Waals surface area contributed by atoms with Crippen LogP contribution in [-0.4, -0.2) is 34.7 Å². The van der Waals surface area contributed by atoms with Crippen molar-refractivity contribution in [3.05, 3.63) is 0 Å². The van der Waals surface area contributed by atoms with Crippen LogP contribution in [-0.2, 0) is 23.8 Å². The zero-order valence-electron chi connectivity index (χ0n) is 10.0. The van der Waals surface area contributed by atoms with Crippen molar-refractivity contribution in [3.8, 4) is 0 Å². The van der Waals surface area contributed by atoms with Gasteiger partial charge in [0.25, 0.3) is 5.79 Å². The summed E-state index contributed by atoms with van der Waals surface area (Å²) >= 11 is 0. The third kappa shape index (κ3) is 1.80. The molecule has 3 fully saturated rings. The summed E-state index contributed by atoms with van der Waals surface area (Å²) < 4.78 is 16.2. The number of aliphatic carboxylic acids is 1. The lowest BCUT2D eigenvalue weighted by atomic mass is 9.98. The Bertz CT molecular complexity index is 384. The fraction of sp³-hybridized carbons (Fsp3) is 0.833. The van der Waals surface area contributed by atoms with Crippen LogP contribution in [0.3, 0.4) is 0 Å². The SMILES string of the molecule is O=C(O)CCCCC(=O)OC1CCCC23OC12O3. The van der Waals surface area contributed by atoms with E-state index < -0.39 is 17.5 Å². The molecule has 6 nitrogen and oxygen atoms in total. The molecule has 2 aliphatic heterocycles. The third-order valence-corrected chi connectivity index (χ3v) is 3.77. The molecule has 1 unspecified atom stereocenters. The highest BCUT2D eigenvalue weighted by Crippen LogP contribution is 2.74. The number of epoxide rings is 2. The molecule has 100 valence electrons. The summed E-state index contributed by atoms with van der Waals surface area (Å²) in [4.78, 5) is 21.9. The molecular weight excluding hydrogens is 240 g/mol. The van der Waals surface area contributed by atoms with Gasteiger partial charge in [0.15, 0.2) is 6.10 Å². The minimum Gasteiger partial charge on any atom is -0.481 e. The van der Waals surface area contributed by atoms with Gasteiger partial charge in [-0.3, -0.25) is 9.59 Å². The minimum absolute atomic E-state index is 0.0932. The molecule has 0 bridgehead atoms. The number of carbonyl (C=O) groups is 2. The molecule has 6 heteroatoms. The Balaban J connectivity index is 1.38. The van der Waals surface area contributed by atoms with Gasteiger partial charge in [-0.25, -0.2) is 0 Å². The molecule has 1 N–H and O–H groups in total. The highest BCUT2D eigenvalue weighted by Gasteiger charge is 2.95. The van der Waals surface area contributed by atoms with Crippen LogP contribution in [0.15, 0.2) is 0 Å². The van der Waals surface area contributed by atoms with Crippen LogP contribution in [0.4, 0.5) is 0 Å². The first kappa shape index (κ1) is 11.9. The summed E-state index contributed by atoms with van der Waals surface area (Å²) in [6.45, 7) is 0. The zero-order chi connectivity index (χ0) is 12.8. The Kier molecular flexibility index (Phi) is 2.60. The van der Waals surface area contributed by atoms with E-state index in [1.54, 1.807) is 0 Å². The molecule has 0 aromatic rings.